The topological polar surface area (TPSA) is 59.4 Å². The van der Waals surface area contributed by atoms with Crippen molar-refractivity contribution in [2.45, 2.75) is 0 Å². The van der Waals surface area contributed by atoms with Crippen LogP contribution in [0.3, 0.4) is 0 Å². The Kier molecular flexibility index (Phi) is 3.20. The normalized spacial score (nSPS) is 14.8. The van der Waals surface area contributed by atoms with Crippen LogP contribution in [0.25, 0.3) is 17.3 Å². The molecule has 0 amide bonds. The highest BCUT2D eigenvalue weighted by molar-refractivity contribution is 7.10. The summed E-state index contributed by atoms with van der Waals surface area (Å²) >= 11 is 1.45. The van der Waals surface area contributed by atoms with E-state index >= 15 is 0 Å². The number of phenols is 1. The number of rotatable bonds is 2. The molecule has 0 radical (unpaired) electrons. The molecule has 1 aliphatic heterocycles. The molecule has 112 valence electrons. The fourth-order valence-corrected chi connectivity index (χ4v) is 3.13. The summed E-state index contributed by atoms with van der Waals surface area (Å²) in [7, 11) is 0. The van der Waals surface area contributed by atoms with E-state index < -0.39 is 0 Å². The molecule has 4 rings (SSSR count). The first kappa shape index (κ1) is 13.7. The van der Waals surface area contributed by atoms with Crippen LogP contribution in [0.4, 0.5) is 0 Å². The lowest BCUT2D eigenvalue weighted by atomic mass is 10.1. The number of hydrogen-bond donors (Lipinski definition) is 1. The van der Waals surface area contributed by atoms with Crippen LogP contribution in [-0.4, -0.2) is 15.9 Å². The average Bonchev–Trinajstić information content (AvgIpc) is 3.14. The van der Waals surface area contributed by atoms with Crippen molar-refractivity contribution in [1.29, 1.82) is 0 Å². The van der Waals surface area contributed by atoms with Crippen molar-refractivity contribution in [2.24, 2.45) is 0 Å². The van der Waals surface area contributed by atoms with Crippen LogP contribution in [0.15, 0.2) is 59.7 Å². The first-order chi connectivity index (χ1) is 11.2. The van der Waals surface area contributed by atoms with Crippen molar-refractivity contribution >= 4 is 23.2 Å². The molecule has 0 bridgehead atoms. The van der Waals surface area contributed by atoms with Crippen LogP contribution < -0.4 is 4.74 Å². The van der Waals surface area contributed by atoms with Crippen LogP contribution in [0.5, 0.6) is 11.5 Å². The molecule has 3 aromatic rings. The summed E-state index contributed by atoms with van der Waals surface area (Å²) in [6.07, 6.45) is 1.64. The Morgan fingerprint density at radius 1 is 1.13 bits per heavy atom. The van der Waals surface area contributed by atoms with Gasteiger partial charge in [-0.2, -0.15) is 0 Å². The number of hydrogen-bond acceptors (Lipinski definition) is 5. The Morgan fingerprint density at radius 2 is 1.96 bits per heavy atom. The van der Waals surface area contributed by atoms with Gasteiger partial charge in [-0.1, -0.05) is 30.3 Å². The number of aromatic hydroxyl groups is 1. The van der Waals surface area contributed by atoms with Gasteiger partial charge in [-0.15, -0.1) is 11.3 Å². The highest BCUT2D eigenvalue weighted by atomic mass is 32.1. The lowest BCUT2D eigenvalue weighted by molar-refractivity contribution is 0.101. The molecule has 0 unspecified atom stereocenters. The van der Waals surface area contributed by atoms with Gasteiger partial charge in [0.25, 0.3) is 0 Å². The highest BCUT2D eigenvalue weighted by Gasteiger charge is 2.27. The molecule has 1 N–H and O–H groups in total. The zero-order valence-corrected chi connectivity index (χ0v) is 12.7. The third kappa shape index (κ3) is 2.51. The lowest BCUT2D eigenvalue weighted by Gasteiger charge is -1.97. The minimum Gasteiger partial charge on any atom is -0.508 e. The Bertz CT molecular complexity index is 928. The van der Waals surface area contributed by atoms with E-state index in [-0.39, 0.29) is 17.3 Å². The maximum atomic E-state index is 12.3. The number of nitrogens with zero attached hydrogens (tertiary/aromatic N) is 1. The number of benzene rings is 2. The van der Waals surface area contributed by atoms with Crippen LogP contribution in [-0.2, 0) is 0 Å². The third-order valence-electron chi connectivity index (χ3n) is 3.50. The van der Waals surface area contributed by atoms with E-state index in [4.69, 9.17) is 4.74 Å². The Labute approximate surface area is 136 Å². The molecule has 0 atom stereocenters. The Balaban J connectivity index is 1.65. The molecule has 2 heterocycles. The maximum Gasteiger partial charge on any atom is 0.232 e. The summed E-state index contributed by atoms with van der Waals surface area (Å²) in [6.45, 7) is 0. The quantitative estimate of drug-likeness (QED) is 0.721. The van der Waals surface area contributed by atoms with E-state index in [0.717, 1.165) is 11.3 Å². The largest absolute Gasteiger partial charge is 0.508 e. The van der Waals surface area contributed by atoms with Crippen LogP contribution in [0.1, 0.15) is 15.4 Å². The molecule has 0 saturated carbocycles. The summed E-state index contributed by atoms with van der Waals surface area (Å²) in [6, 6.07) is 14.3. The van der Waals surface area contributed by atoms with E-state index in [9.17, 15) is 9.90 Å². The van der Waals surface area contributed by atoms with Crippen molar-refractivity contribution in [1.82, 2.24) is 4.98 Å². The molecular formula is C18H11NO3S. The maximum absolute atomic E-state index is 12.3. The molecular weight excluding hydrogens is 310 g/mol. The standard InChI is InChI=1S/C18H11NO3S/c20-12-6-7-13-15(8-12)22-16(18(13)21)9-17-19-14(10-23-17)11-4-2-1-3-5-11/h1-10,20H/b16-9+. The van der Waals surface area contributed by atoms with Crippen LogP contribution in [0, 0.1) is 0 Å². The van der Waals surface area contributed by atoms with Crippen LogP contribution >= 0.6 is 11.3 Å². The van der Waals surface area contributed by atoms with Crippen molar-refractivity contribution in [3.8, 4) is 22.8 Å². The number of aromatic nitrogens is 1. The first-order valence-electron chi connectivity index (χ1n) is 6.99. The van der Waals surface area contributed by atoms with Gasteiger partial charge in [0.15, 0.2) is 5.76 Å². The average molecular weight is 321 g/mol. The number of Topliss-reactive ketones (excluding diaryl/α,β-unsaturated/α-hetero) is 1. The molecule has 1 aromatic heterocycles. The van der Waals surface area contributed by atoms with Gasteiger partial charge < -0.3 is 9.84 Å². The summed E-state index contributed by atoms with van der Waals surface area (Å²) in [5, 5.41) is 12.1. The van der Waals surface area contributed by atoms with Gasteiger partial charge in [0.1, 0.15) is 16.5 Å². The monoisotopic (exact) mass is 321 g/mol. The molecule has 0 fully saturated rings. The van der Waals surface area contributed by atoms with Gasteiger partial charge in [0.2, 0.25) is 5.78 Å². The predicted octanol–water partition coefficient (Wildman–Crippen LogP) is 4.13. The van der Waals surface area contributed by atoms with E-state index in [1.54, 1.807) is 12.1 Å². The predicted molar refractivity (Wildman–Crippen MR) is 88.6 cm³/mol. The molecule has 0 spiro atoms. The minimum atomic E-state index is -0.198. The number of carbonyl (C=O) groups excluding carboxylic acids is 1. The fraction of sp³-hybridized carbons (Fsp3) is 0. The van der Waals surface area contributed by atoms with Gasteiger partial charge in [0.05, 0.1) is 11.3 Å². The molecule has 2 aromatic carbocycles. The lowest BCUT2D eigenvalue weighted by Crippen LogP contribution is -1.97. The number of ketones is 1. The van der Waals surface area contributed by atoms with Crippen molar-refractivity contribution < 1.29 is 14.6 Å². The zero-order valence-electron chi connectivity index (χ0n) is 11.9. The van der Waals surface area contributed by atoms with Crippen molar-refractivity contribution in [2.75, 3.05) is 0 Å². The van der Waals surface area contributed by atoms with Crippen LogP contribution in [0.2, 0.25) is 0 Å². The van der Waals surface area contributed by atoms with Gasteiger partial charge in [-0.3, -0.25) is 4.79 Å². The van der Waals surface area contributed by atoms with E-state index in [1.807, 2.05) is 35.7 Å². The molecule has 0 saturated heterocycles. The summed E-state index contributed by atoms with van der Waals surface area (Å²) in [4.78, 5) is 16.8. The van der Waals surface area contributed by atoms with Gasteiger partial charge in [-0.05, 0) is 12.1 Å². The van der Waals surface area contributed by atoms with Crippen molar-refractivity contribution in [3.63, 3.8) is 0 Å². The third-order valence-corrected chi connectivity index (χ3v) is 4.29. The summed E-state index contributed by atoms with van der Waals surface area (Å²) in [5.41, 5.74) is 2.34. The Morgan fingerprint density at radius 3 is 2.78 bits per heavy atom. The smallest absolute Gasteiger partial charge is 0.232 e. The van der Waals surface area contributed by atoms with Gasteiger partial charge in [-0.25, -0.2) is 4.98 Å². The molecule has 4 nitrogen and oxygen atoms in total. The minimum absolute atomic E-state index is 0.0680. The second-order valence-electron chi connectivity index (χ2n) is 5.06. The number of allylic oxidation sites excluding steroid dienone is 1. The number of thiazole rings is 1. The zero-order chi connectivity index (χ0) is 15.8. The van der Waals surface area contributed by atoms with E-state index in [1.165, 1.54) is 23.5 Å². The molecule has 23 heavy (non-hydrogen) atoms. The number of carbonyl (C=O) groups is 1. The fourth-order valence-electron chi connectivity index (χ4n) is 2.38. The summed E-state index contributed by atoms with van der Waals surface area (Å²) < 4.78 is 5.54. The van der Waals surface area contributed by atoms with E-state index in [2.05, 4.69) is 4.98 Å². The summed E-state index contributed by atoms with van der Waals surface area (Å²) in [5.74, 6) is 0.468. The molecule has 0 aliphatic carbocycles. The van der Waals surface area contributed by atoms with E-state index in [0.29, 0.717) is 16.3 Å². The SMILES string of the molecule is O=C1/C(=C\c2nc(-c3ccccc3)cs2)Oc2cc(O)ccc21. The second-order valence-corrected chi connectivity index (χ2v) is 5.95. The van der Waals surface area contributed by atoms with Gasteiger partial charge >= 0.3 is 0 Å². The number of phenolic OH excluding ortho intramolecular Hbond substituents is 1. The second kappa shape index (κ2) is 5.37. The molecule has 5 heteroatoms. The number of ether oxygens (including phenoxy) is 1. The first-order valence-corrected chi connectivity index (χ1v) is 7.87. The number of fused-ring (bicyclic) bond motifs is 1. The highest BCUT2D eigenvalue weighted by Crippen LogP contribution is 2.35. The van der Waals surface area contributed by atoms with Gasteiger partial charge in [0, 0.05) is 23.1 Å². The van der Waals surface area contributed by atoms with Crippen molar-refractivity contribution in [3.05, 3.63) is 70.2 Å². The Hall–Kier alpha value is -2.92. The molecule has 1 aliphatic rings.